The quantitative estimate of drug-likeness (QED) is 0.831. The summed E-state index contributed by atoms with van der Waals surface area (Å²) in [6.45, 7) is 8.01. The van der Waals surface area contributed by atoms with Gasteiger partial charge in [0.2, 0.25) is 5.91 Å². The molecule has 0 aromatic carbocycles. The van der Waals surface area contributed by atoms with Gasteiger partial charge in [-0.25, -0.2) is 0 Å². The number of halogens is 1. The first-order valence-electron chi connectivity index (χ1n) is 6.10. The van der Waals surface area contributed by atoms with E-state index in [0.717, 1.165) is 19.5 Å². The molecule has 1 heterocycles. The molecule has 0 saturated carbocycles. The van der Waals surface area contributed by atoms with Gasteiger partial charge in [0.1, 0.15) is 0 Å². The number of piperidine rings is 1. The minimum atomic E-state index is -0.319. The molecule has 0 aliphatic carbocycles. The summed E-state index contributed by atoms with van der Waals surface area (Å²) in [5.74, 6) is 1.06. The number of carbonyl (C=O) groups is 1. The number of likely N-dealkylation sites (tertiary alicyclic amines) is 1. The lowest BCUT2D eigenvalue weighted by molar-refractivity contribution is -0.135. The zero-order valence-corrected chi connectivity index (χ0v) is 11.4. The first-order chi connectivity index (χ1) is 7.06. The van der Waals surface area contributed by atoms with Crippen molar-refractivity contribution in [2.24, 2.45) is 17.6 Å². The maximum absolute atomic E-state index is 12.0. The molecule has 2 N–H and O–H groups in total. The van der Waals surface area contributed by atoms with Gasteiger partial charge in [-0.15, -0.1) is 12.4 Å². The second kappa shape index (κ2) is 7.13. The molecule has 16 heavy (non-hydrogen) atoms. The van der Waals surface area contributed by atoms with Crippen LogP contribution in [0.5, 0.6) is 0 Å². The van der Waals surface area contributed by atoms with Crippen LogP contribution in [-0.2, 0) is 4.79 Å². The van der Waals surface area contributed by atoms with Crippen molar-refractivity contribution in [3.8, 4) is 0 Å². The van der Waals surface area contributed by atoms with Crippen molar-refractivity contribution in [2.45, 2.75) is 46.1 Å². The topological polar surface area (TPSA) is 46.3 Å². The number of amides is 1. The van der Waals surface area contributed by atoms with Crippen LogP contribution in [-0.4, -0.2) is 29.9 Å². The number of rotatable bonds is 3. The average Bonchev–Trinajstić information content (AvgIpc) is 2.27. The molecule has 96 valence electrons. The highest BCUT2D eigenvalue weighted by Crippen LogP contribution is 2.20. The van der Waals surface area contributed by atoms with E-state index >= 15 is 0 Å². The minimum absolute atomic E-state index is 0. The van der Waals surface area contributed by atoms with E-state index in [-0.39, 0.29) is 30.3 Å². The highest BCUT2D eigenvalue weighted by atomic mass is 35.5. The van der Waals surface area contributed by atoms with Gasteiger partial charge < -0.3 is 10.6 Å². The summed E-state index contributed by atoms with van der Waals surface area (Å²) in [5.41, 5.74) is 5.89. The Kier molecular flexibility index (Phi) is 7.00. The summed E-state index contributed by atoms with van der Waals surface area (Å²) < 4.78 is 0. The first-order valence-corrected chi connectivity index (χ1v) is 6.10. The molecule has 0 spiro atoms. The zero-order chi connectivity index (χ0) is 11.4. The van der Waals surface area contributed by atoms with Gasteiger partial charge in [0.15, 0.2) is 0 Å². The van der Waals surface area contributed by atoms with E-state index in [1.807, 2.05) is 18.7 Å². The number of nitrogens with zero attached hydrogens (tertiary/aromatic N) is 1. The highest BCUT2D eigenvalue weighted by molar-refractivity contribution is 5.85. The monoisotopic (exact) mass is 248 g/mol. The van der Waals surface area contributed by atoms with Gasteiger partial charge in [-0.05, 0) is 24.7 Å². The van der Waals surface area contributed by atoms with Crippen LogP contribution in [0.1, 0.15) is 40.0 Å². The molecular formula is C12H25ClN2O. The summed E-state index contributed by atoms with van der Waals surface area (Å²) in [6.07, 6.45) is 3.56. The molecule has 0 radical (unpaired) electrons. The van der Waals surface area contributed by atoms with Crippen LogP contribution in [0, 0.1) is 11.8 Å². The van der Waals surface area contributed by atoms with Crippen LogP contribution in [0.15, 0.2) is 0 Å². The summed E-state index contributed by atoms with van der Waals surface area (Å²) in [7, 11) is 0. The molecular weight excluding hydrogens is 224 g/mol. The smallest absolute Gasteiger partial charge is 0.239 e. The second-order valence-corrected chi connectivity index (χ2v) is 4.97. The van der Waals surface area contributed by atoms with Crippen molar-refractivity contribution in [1.29, 1.82) is 0 Å². The van der Waals surface area contributed by atoms with Gasteiger partial charge in [0, 0.05) is 13.1 Å². The number of hydrogen-bond donors (Lipinski definition) is 1. The van der Waals surface area contributed by atoms with Crippen LogP contribution in [0.2, 0.25) is 0 Å². The van der Waals surface area contributed by atoms with Crippen molar-refractivity contribution in [3.63, 3.8) is 0 Å². The van der Waals surface area contributed by atoms with Crippen molar-refractivity contribution < 1.29 is 4.79 Å². The lowest BCUT2D eigenvalue weighted by Crippen LogP contribution is -2.49. The molecule has 1 aliphatic heterocycles. The zero-order valence-electron chi connectivity index (χ0n) is 10.6. The fourth-order valence-corrected chi connectivity index (χ4v) is 2.09. The SMILES string of the molecule is CCC1CCCN(C(=O)C(N)C(C)C)C1.Cl. The lowest BCUT2D eigenvalue weighted by Gasteiger charge is -2.34. The fourth-order valence-electron chi connectivity index (χ4n) is 2.09. The Morgan fingerprint density at radius 2 is 2.12 bits per heavy atom. The molecule has 4 heteroatoms. The number of nitrogens with two attached hydrogens (primary N) is 1. The maximum atomic E-state index is 12.0. The summed E-state index contributed by atoms with van der Waals surface area (Å²) in [5, 5.41) is 0. The predicted octanol–water partition coefficient (Wildman–Crippen LogP) is 2.04. The van der Waals surface area contributed by atoms with E-state index < -0.39 is 0 Å². The molecule has 1 amide bonds. The summed E-state index contributed by atoms with van der Waals surface area (Å²) >= 11 is 0. The molecule has 3 nitrogen and oxygen atoms in total. The third-order valence-corrected chi connectivity index (χ3v) is 3.41. The maximum Gasteiger partial charge on any atom is 0.239 e. The molecule has 2 atom stereocenters. The van der Waals surface area contributed by atoms with E-state index in [0.29, 0.717) is 5.92 Å². The largest absolute Gasteiger partial charge is 0.341 e. The molecule has 0 bridgehead atoms. The summed E-state index contributed by atoms with van der Waals surface area (Å²) in [4.78, 5) is 14.0. The highest BCUT2D eigenvalue weighted by Gasteiger charge is 2.27. The number of carbonyl (C=O) groups excluding carboxylic acids is 1. The van der Waals surface area contributed by atoms with Crippen LogP contribution in [0.3, 0.4) is 0 Å². The van der Waals surface area contributed by atoms with Crippen LogP contribution in [0.4, 0.5) is 0 Å². The summed E-state index contributed by atoms with van der Waals surface area (Å²) in [6, 6.07) is -0.319. The Hall–Kier alpha value is -0.280. The van der Waals surface area contributed by atoms with Gasteiger partial charge in [-0.1, -0.05) is 27.2 Å². The Morgan fingerprint density at radius 1 is 1.50 bits per heavy atom. The fraction of sp³-hybridized carbons (Fsp3) is 0.917. The predicted molar refractivity (Wildman–Crippen MR) is 69.7 cm³/mol. The van der Waals surface area contributed by atoms with Gasteiger partial charge >= 0.3 is 0 Å². The standard InChI is InChI=1S/C12H24N2O.ClH/c1-4-10-6-5-7-14(8-10)12(15)11(13)9(2)3;/h9-11H,4-8,13H2,1-3H3;1H. The van der Waals surface area contributed by atoms with Crippen LogP contribution >= 0.6 is 12.4 Å². The second-order valence-electron chi connectivity index (χ2n) is 4.97. The van der Waals surface area contributed by atoms with E-state index in [1.54, 1.807) is 0 Å². The third-order valence-electron chi connectivity index (χ3n) is 3.41. The van der Waals surface area contributed by atoms with E-state index in [2.05, 4.69) is 6.92 Å². The van der Waals surface area contributed by atoms with Gasteiger partial charge in [-0.3, -0.25) is 4.79 Å². The van der Waals surface area contributed by atoms with Crippen LogP contribution in [0.25, 0.3) is 0 Å². The minimum Gasteiger partial charge on any atom is -0.341 e. The van der Waals surface area contributed by atoms with E-state index in [4.69, 9.17) is 5.73 Å². The van der Waals surface area contributed by atoms with Gasteiger partial charge in [0.25, 0.3) is 0 Å². The van der Waals surface area contributed by atoms with Gasteiger partial charge in [-0.2, -0.15) is 0 Å². The van der Waals surface area contributed by atoms with Crippen molar-refractivity contribution in [3.05, 3.63) is 0 Å². The molecule has 1 fully saturated rings. The van der Waals surface area contributed by atoms with Gasteiger partial charge in [0.05, 0.1) is 6.04 Å². The Morgan fingerprint density at radius 3 is 2.62 bits per heavy atom. The van der Waals surface area contributed by atoms with E-state index in [1.165, 1.54) is 12.8 Å². The van der Waals surface area contributed by atoms with Crippen molar-refractivity contribution >= 4 is 18.3 Å². The first kappa shape index (κ1) is 15.7. The Bertz CT molecular complexity index is 221. The molecule has 1 saturated heterocycles. The molecule has 2 unspecified atom stereocenters. The average molecular weight is 249 g/mol. The normalized spacial score (nSPS) is 22.8. The Labute approximate surface area is 105 Å². The van der Waals surface area contributed by atoms with E-state index in [9.17, 15) is 4.79 Å². The lowest BCUT2D eigenvalue weighted by atomic mass is 9.94. The molecule has 1 rings (SSSR count). The molecule has 0 aromatic rings. The molecule has 0 aromatic heterocycles. The van der Waals surface area contributed by atoms with Crippen molar-refractivity contribution in [2.75, 3.05) is 13.1 Å². The number of hydrogen-bond acceptors (Lipinski definition) is 2. The Balaban J connectivity index is 0.00000225. The van der Waals surface area contributed by atoms with Crippen LogP contribution < -0.4 is 5.73 Å². The van der Waals surface area contributed by atoms with Crippen molar-refractivity contribution in [1.82, 2.24) is 4.90 Å². The third kappa shape index (κ3) is 3.95. The molecule has 1 aliphatic rings.